The van der Waals surface area contributed by atoms with Gasteiger partial charge in [-0.25, -0.2) is 0 Å². The van der Waals surface area contributed by atoms with Gasteiger partial charge in [-0.3, -0.25) is 4.79 Å². The maximum absolute atomic E-state index is 11.1. The zero-order valence-corrected chi connectivity index (χ0v) is 9.08. The Morgan fingerprint density at radius 3 is 2.80 bits per heavy atom. The minimum atomic E-state index is -0.565. The maximum atomic E-state index is 11.1. The molecule has 5 heteroatoms. The van der Waals surface area contributed by atoms with E-state index >= 15 is 0 Å². The number of methoxy groups -OCH3 is 1. The van der Waals surface area contributed by atoms with Crippen LogP contribution in [0.5, 0.6) is 5.75 Å². The Balaban J connectivity index is 2.81. The summed E-state index contributed by atoms with van der Waals surface area (Å²) in [6.45, 7) is 0.805. The number of carbonyl (C=O) groups excluding carboxylic acids is 1. The number of ether oxygens (including phenoxy) is 2. The molecular formula is C10H12ClNO3. The van der Waals surface area contributed by atoms with Crippen molar-refractivity contribution in [2.24, 2.45) is 5.73 Å². The van der Waals surface area contributed by atoms with Crippen LogP contribution in [-0.2, 0) is 4.74 Å². The van der Waals surface area contributed by atoms with Gasteiger partial charge in [0.15, 0.2) is 0 Å². The van der Waals surface area contributed by atoms with Gasteiger partial charge in [0, 0.05) is 12.1 Å². The van der Waals surface area contributed by atoms with Crippen LogP contribution in [0.15, 0.2) is 18.2 Å². The predicted octanol–water partition coefficient (Wildman–Crippen LogP) is 1.46. The summed E-state index contributed by atoms with van der Waals surface area (Å²) in [4.78, 5) is 11.1. The van der Waals surface area contributed by atoms with Crippen molar-refractivity contribution in [3.05, 3.63) is 28.8 Å². The van der Waals surface area contributed by atoms with E-state index in [2.05, 4.69) is 0 Å². The quantitative estimate of drug-likeness (QED) is 0.778. The highest BCUT2D eigenvalue weighted by atomic mass is 35.5. The van der Waals surface area contributed by atoms with Crippen LogP contribution in [0.3, 0.4) is 0 Å². The van der Waals surface area contributed by atoms with E-state index in [0.717, 1.165) is 0 Å². The second kappa shape index (κ2) is 5.58. The first kappa shape index (κ1) is 11.8. The molecule has 0 bridgehead atoms. The molecule has 0 aliphatic heterocycles. The minimum absolute atomic E-state index is 0.276. The zero-order valence-electron chi connectivity index (χ0n) is 8.33. The molecule has 82 valence electrons. The summed E-state index contributed by atoms with van der Waals surface area (Å²) in [7, 11) is 1.57. The van der Waals surface area contributed by atoms with Crippen LogP contribution in [0.1, 0.15) is 10.4 Å². The molecule has 4 nitrogen and oxygen atoms in total. The number of primary amides is 1. The van der Waals surface area contributed by atoms with Crippen LogP contribution >= 0.6 is 11.6 Å². The van der Waals surface area contributed by atoms with Gasteiger partial charge in [0.05, 0.1) is 12.2 Å². The first-order valence-electron chi connectivity index (χ1n) is 4.36. The van der Waals surface area contributed by atoms with Crippen molar-refractivity contribution in [2.75, 3.05) is 20.3 Å². The molecule has 0 saturated heterocycles. The molecule has 0 aliphatic rings. The number of nitrogens with two attached hydrogens (primary N) is 1. The molecule has 0 fully saturated rings. The minimum Gasteiger partial charge on any atom is -0.490 e. The normalized spacial score (nSPS) is 10.0. The van der Waals surface area contributed by atoms with Gasteiger partial charge >= 0.3 is 0 Å². The molecule has 0 unspecified atom stereocenters. The number of benzene rings is 1. The summed E-state index contributed by atoms with van der Waals surface area (Å²) in [5.74, 6) is -0.145. The number of rotatable bonds is 5. The topological polar surface area (TPSA) is 61.6 Å². The van der Waals surface area contributed by atoms with Gasteiger partial charge in [0.1, 0.15) is 12.4 Å². The third-order valence-corrected chi connectivity index (χ3v) is 1.99. The average Bonchev–Trinajstić information content (AvgIpc) is 2.20. The molecule has 0 aliphatic carbocycles. The van der Waals surface area contributed by atoms with E-state index in [-0.39, 0.29) is 5.56 Å². The van der Waals surface area contributed by atoms with Crippen molar-refractivity contribution in [3.63, 3.8) is 0 Å². The number of halogens is 1. The standard InChI is InChI=1S/C10H12ClNO3/c1-14-4-5-15-9-3-2-7(11)6-8(9)10(12)13/h2-3,6H,4-5H2,1H3,(H2,12,13). The van der Waals surface area contributed by atoms with Crippen LogP contribution in [0, 0.1) is 0 Å². The van der Waals surface area contributed by atoms with E-state index in [4.69, 9.17) is 26.8 Å². The van der Waals surface area contributed by atoms with Crippen LogP contribution < -0.4 is 10.5 Å². The summed E-state index contributed by atoms with van der Waals surface area (Å²) < 4.78 is 10.1. The first-order valence-corrected chi connectivity index (χ1v) is 4.74. The van der Waals surface area contributed by atoms with E-state index in [1.165, 1.54) is 6.07 Å². The fourth-order valence-corrected chi connectivity index (χ4v) is 1.23. The summed E-state index contributed by atoms with van der Waals surface area (Å²) in [5.41, 5.74) is 5.46. The monoisotopic (exact) mass is 229 g/mol. The van der Waals surface area contributed by atoms with Crippen LogP contribution in [0.2, 0.25) is 5.02 Å². The summed E-state index contributed by atoms with van der Waals surface area (Å²) in [5, 5.41) is 0.447. The molecule has 1 aromatic rings. The second-order valence-electron chi connectivity index (χ2n) is 2.85. The third-order valence-electron chi connectivity index (χ3n) is 1.75. The van der Waals surface area contributed by atoms with E-state index in [0.29, 0.717) is 24.0 Å². The lowest BCUT2D eigenvalue weighted by Gasteiger charge is -2.09. The molecule has 15 heavy (non-hydrogen) atoms. The van der Waals surface area contributed by atoms with Crippen LogP contribution in [0.25, 0.3) is 0 Å². The third kappa shape index (κ3) is 3.42. The Hall–Kier alpha value is -1.26. The number of amides is 1. The zero-order chi connectivity index (χ0) is 11.3. The summed E-state index contributed by atoms with van der Waals surface area (Å²) >= 11 is 5.73. The van der Waals surface area contributed by atoms with Crippen LogP contribution in [-0.4, -0.2) is 26.2 Å². The molecule has 0 aromatic heterocycles. The first-order chi connectivity index (χ1) is 7.15. The van der Waals surface area contributed by atoms with Crippen molar-refractivity contribution >= 4 is 17.5 Å². The van der Waals surface area contributed by atoms with Gasteiger partial charge in [-0.05, 0) is 18.2 Å². The largest absolute Gasteiger partial charge is 0.490 e. The van der Waals surface area contributed by atoms with Gasteiger partial charge in [-0.15, -0.1) is 0 Å². The highest BCUT2D eigenvalue weighted by Crippen LogP contribution is 2.22. The van der Waals surface area contributed by atoms with Gasteiger partial charge < -0.3 is 15.2 Å². The lowest BCUT2D eigenvalue weighted by molar-refractivity contribution is 0.0992. The number of hydrogen-bond acceptors (Lipinski definition) is 3. The lowest BCUT2D eigenvalue weighted by Crippen LogP contribution is -2.14. The molecule has 2 N–H and O–H groups in total. The van der Waals surface area contributed by atoms with E-state index in [9.17, 15) is 4.79 Å². The van der Waals surface area contributed by atoms with Crippen molar-refractivity contribution < 1.29 is 14.3 Å². The Bertz CT molecular complexity index is 355. The van der Waals surface area contributed by atoms with Gasteiger partial charge in [0.2, 0.25) is 0 Å². The molecule has 1 aromatic carbocycles. The Morgan fingerprint density at radius 2 is 2.20 bits per heavy atom. The van der Waals surface area contributed by atoms with Crippen molar-refractivity contribution in [3.8, 4) is 5.75 Å². The van der Waals surface area contributed by atoms with Gasteiger partial charge in [-0.1, -0.05) is 11.6 Å². The van der Waals surface area contributed by atoms with E-state index < -0.39 is 5.91 Å². The fraction of sp³-hybridized carbons (Fsp3) is 0.300. The number of carbonyl (C=O) groups is 1. The Labute approximate surface area is 92.9 Å². The molecule has 1 rings (SSSR count). The van der Waals surface area contributed by atoms with Gasteiger partial charge in [0.25, 0.3) is 5.91 Å². The highest BCUT2D eigenvalue weighted by Gasteiger charge is 2.09. The molecule has 1 amide bonds. The molecule has 0 spiro atoms. The summed E-state index contributed by atoms with van der Waals surface area (Å²) in [6, 6.07) is 4.72. The van der Waals surface area contributed by atoms with E-state index in [1.54, 1.807) is 19.2 Å². The molecular weight excluding hydrogens is 218 g/mol. The predicted molar refractivity (Wildman–Crippen MR) is 57.3 cm³/mol. The maximum Gasteiger partial charge on any atom is 0.252 e. The average molecular weight is 230 g/mol. The molecule has 0 heterocycles. The Morgan fingerprint density at radius 1 is 1.47 bits per heavy atom. The Kier molecular flexibility index (Phi) is 4.39. The van der Waals surface area contributed by atoms with Gasteiger partial charge in [-0.2, -0.15) is 0 Å². The lowest BCUT2D eigenvalue weighted by atomic mass is 10.2. The second-order valence-corrected chi connectivity index (χ2v) is 3.28. The van der Waals surface area contributed by atoms with Crippen molar-refractivity contribution in [1.29, 1.82) is 0 Å². The SMILES string of the molecule is COCCOc1ccc(Cl)cc1C(N)=O. The van der Waals surface area contributed by atoms with Crippen LogP contribution in [0.4, 0.5) is 0 Å². The van der Waals surface area contributed by atoms with Crippen molar-refractivity contribution in [2.45, 2.75) is 0 Å². The molecule has 0 saturated carbocycles. The van der Waals surface area contributed by atoms with E-state index in [1.807, 2.05) is 0 Å². The van der Waals surface area contributed by atoms with Crippen molar-refractivity contribution in [1.82, 2.24) is 0 Å². The fourth-order valence-electron chi connectivity index (χ4n) is 1.06. The number of hydrogen-bond donors (Lipinski definition) is 1. The highest BCUT2D eigenvalue weighted by molar-refractivity contribution is 6.31. The summed E-state index contributed by atoms with van der Waals surface area (Å²) in [6.07, 6.45) is 0. The molecule has 0 radical (unpaired) electrons. The molecule has 0 atom stereocenters. The smallest absolute Gasteiger partial charge is 0.252 e.